The Balaban J connectivity index is 1.64. The molecule has 0 aliphatic carbocycles. The minimum Gasteiger partial charge on any atom is -0.476 e. The zero-order valence-electron chi connectivity index (χ0n) is 14.9. The normalized spacial score (nSPS) is 15.9. The summed E-state index contributed by atoms with van der Waals surface area (Å²) in [6, 6.07) is 4.11. The van der Waals surface area contributed by atoms with E-state index in [9.17, 15) is 14.0 Å². The van der Waals surface area contributed by atoms with Crippen molar-refractivity contribution in [3.8, 4) is 0 Å². The Hall–Kier alpha value is -3.32. The van der Waals surface area contributed by atoms with Crippen LogP contribution < -0.4 is 15.1 Å². The fourth-order valence-corrected chi connectivity index (χ4v) is 3.25. The number of halogens is 1. The van der Waals surface area contributed by atoms with Crippen molar-refractivity contribution in [2.75, 3.05) is 41.4 Å². The van der Waals surface area contributed by atoms with Crippen LogP contribution in [0.1, 0.15) is 9.80 Å². The van der Waals surface area contributed by atoms with Crippen molar-refractivity contribution >= 4 is 46.2 Å². The first kappa shape index (κ1) is 20.4. The number of hydrogen-bond donors (Lipinski definition) is 4. The maximum atomic E-state index is 14.6. The molecule has 154 valence electrons. The molecule has 3 rings (SSSR count). The number of carbonyl (C=O) groups is 2. The van der Waals surface area contributed by atoms with E-state index >= 15 is 0 Å². The molecule has 1 saturated heterocycles. The predicted molar refractivity (Wildman–Crippen MR) is 103 cm³/mol. The van der Waals surface area contributed by atoms with Crippen LogP contribution in [0.4, 0.5) is 25.7 Å². The van der Waals surface area contributed by atoms with Gasteiger partial charge in [0, 0.05) is 13.1 Å². The first-order valence-corrected chi connectivity index (χ1v) is 9.21. The van der Waals surface area contributed by atoms with Crippen LogP contribution in [0.5, 0.6) is 0 Å². The molecule has 1 atom stereocenters. The van der Waals surface area contributed by atoms with Crippen molar-refractivity contribution in [2.45, 2.75) is 6.10 Å². The average Bonchev–Trinajstić information content (AvgIpc) is 3.32. The second-order valence-electron chi connectivity index (χ2n) is 5.90. The van der Waals surface area contributed by atoms with Crippen molar-refractivity contribution < 1.29 is 28.9 Å². The van der Waals surface area contributed by atoms with Crippen LogP contribution in [0.2, 0.25) is 0 Å². The van der Waals surface area contributed by atoms with Gasteiger partial charge in [-0.3, -0.25) is 10.3 Å². The average molecular weight is 424 g/mol. The number of rotatable bonds is 9. The molecule has 1 unspecified atom stereocenters. The Bertz CT molecular complexity index is 925. The first-order chi connectivity index (χ1) is 13.9. The largest absolute Gasteiger partial charge is 0.476 e. The van der Waals surface area contributed by atoms with Gasteiger partial charge in [-0.05, 0) is 18.2 Å². The van der Waals surface area contributed by atoms with Crippen LogP contribution in [0.25, 0.3) is 0 Å². The number of nitrogens with one attached hydrogen (secondary N) is 2. The zero-order valence-corrected chi connectivity index (χ0v) is 15.7. The number of aromatic nitrogens is 2. The van der Waals surface area contributed by atoms with E-state index < -0.39 is 24.0 Å². The SMILES string of the molecule is N=CN(CCNc1nnc(C(=O)O)s1)c1ccc(N2CC(CO)OC2=O)cc1F. The smallest absolute Gasteiger partial charge is 0.414 e. The number of carbonyl (C=O) groups excluding carboxylic acids is 1. The van der Waals surface area contributed by atoms with E-state index in [1.807, 2.05) is 0 Å². The summed E-state index contributed by atoms with van der Waals surface area (Å²) in [6.07, 6.45) is -0.368. The van der Waals surface area contributed by atoms with E-state index in [1.165, 1.54) is 21.9 Å². The maximum absolute atomic E-state index is 14.6. The van der Waals surface area contributed by atoms with E-state index in [4.69, 9.17) is 20.4 Å². The summed E-state index contributed by atoms with van der Waals surface area (Å²) in [7, 11) is 0. The number of aliphatic hydroxyl groups is 1. The first-order valence-electron chi connectivity index (χ1n) is 8.39. The van der Waals surface area contributed by atoms with Gasteiger partial charge in [-0.1, -0.05) is 11.3 Å². The molecule has 1 aliphatic heterocycles. The van der Waals surface area contributed by atoms with Gasteiger partial charge in [-0.25, -0.2) is 14.0 Å². The third kappa shape index (κ3) is 4.57. The van der Waals surface area contributed by atoms with Crippen LogP contribution in [-0.4, -0.2) is 71.2 Å². The van der Waals surface area contributed by atoms with Crippen LogP contribution in [0.3, 0.4) is 0 Å². The monoisotopic (exact) mass is 424 g/mol. The Kier molecular flexibility index (Phi) is 6.19. The van der Waals surface area contributed by atoms with E-state index in [0.717, 1.165) is 23.7 Å². The highest BCUT2D eigenvalue weighted by Crippen LogP contribution is 2.27. The Morgan fingerprint density at radius 3 is 2.90 bits per heavy atom. The number of cyclic esters (lactones) is 1. The number of nitrogens with zero attached hydrogens (tertiary/aromatic N) is 4. The van der Waals surface area contributed by atoms with Gasteiger partial charge in [-0.15, -0.1) is 10.2 Å². The lowest BCUT2D eigenvalue weighted by Crippen LogP contribution is -2.29. The van der Waals surface area contributed by atoms with E-state index in [1.54, 1.807) is 0 Å². The highest BCUT2D eigenvalue weighted by atomic mass is 32.1. The third-order valence-corrected chi connectivity index (χ3v) is 4.89. The second kappa shape index (κ2) is 8.79. The topological polar surface area (TPSA) is 152 Å². The van der Waals surface area contributed by atoms with Crippen molar-refractivity contribution in [3.05, 3.63) is 29.0 Å². The number of carboxylic acid groups (broad SMARTS) is 1. The molecule has 0 radical (unpaired) electrons. The van der Waals surface area contributed by atoms with Gasteiger partial charge in [0.2, 0.25) is 10.1 Å². The number of amides is 1. The number of carboxylic acids is 1. The molecule has 11 nitrogen and oxygen atoms in total. The van der Waals surface area contributed by atoms with Crippen LogP contribution in [0, 0.1) is 11.2 Å². The third-order valence-electron chi connectivity index (χ3n) is 4.02. The molecule has 29 heavy (non-hydrogen) atoms. The fourth-order valence-electron chi connectivity index (χ4n) is 2.64. The Labute approximate surface area is 167 Å². The van der Waals surface area contributed by atoms with E-state index in [0.29, 0.717) is 5.13 Å². The number of aromatic carboxylic acids is 1. The van der Waals surface area contributed by atoms with Crippen LogP contribution in [-0.2, 0) is 4.74 Å². The fraction of sp³-hybridized carbons (Fsp3) is 0.312. The van der Waals surface area contributed by atoms with E-state index in [2.05, 4.69) is 15.5 Å². The Morgan fingerprint density at radius 2 is 2.31 bits per heavy atom. The van der Waals surface area contributed by atoms with Gasteiger partial charge in [-0.2, -0.15) is 0 Å². The van der Waals surface area contributed by atoms with E-state index in [-0.39, 0.29) is 42.6 Å². The molecule has 1 aliphatic rings. The van der Waals surface area contributed by atoms with Crippen molar-refractivity contribution in [1.82, 2.24) is 10.2 Å². The van der Waals surface area contributed by atoms with Gasteiger partial charge in [0.15, 0.2) is 0 Å². The molecule has 1 aromatic heterocycles. The number of ether oxygens (including phenoxy) is 1. The minimum absolute atomic E-state index is 0.118. The summed E-state index contributed by atoms with van der Waals surface area (Å²) in [4.78, 5) is 25.2. The summed E-state index contributed by atoms with van der Waals surface area (Å²) in [5.41, 5.74) is 0.408. The molecule has 0 spiro atoms. The summed E-state index contributed by atoms with van der Waals surface area (Å²) >= 11 is 0.868. The quantitative estimate of drug-likeness (QED) is 0.344. The lowest BCUT2D eigenvalue weighted by molar-refractivity contribution is 0.0695. The molecule has 0 bridgehead atoms. The Morgan fingerprint density at radius 1 is 1.52 bits per heavy atom. The molecule has 2 aromatic rings. The standard InChI is InChI=1S/C16H17FN6O5S/c17-11-5-9(23-6-10(7-24)28-16(23)27)1-2-12(11)22(8-18)4-3-19-15-21-20-13(29-15)14(25)26/h1-2,5,8,10,18,24H,3-4,6-7H2,(H,19,21)(H,25,26). The van der Waals surface area contributed by atoms with Gasteiger partial charge in [0.1, 0.15) is 11.9 Å². The highest BCUT2D eigenvalue weighted by Gasteiger charge is 2.32. The van der Waals surface area contributed by atoms with Gasteiger partial charge < -0.3 is 25.2 Å². The summed E-state index contributed by atoms with van der Waals surface area (Å²) in [5.74, 6) is -1.82. The number of anilines is 3. The highest BCUT2D eigenvalue weighted by molar-refractivity contribution is 7.16. The summed E-state index contributed by atoms with van der Waals surface area (Å²) < 4.78 is 19.6. The molecular formula is C16H17FN6O5S. The molecule has 1 aromatic carbocycles. The van der Waals surface area contributed by atoms with Crippen molar-refractivity contribution in [2.24, 2.45) is 0 Å². The number of benzene rings is 1. The second-order valence-corrected chi connectivity index (χ2v) is 6.88. The van der Waals surface area contributed by atoms with Crippen molar-refractivity contribution in [3.63, 3.8) is 0 Å². The number of aliphatic hydroxyl groups excluding tert-OH is 1. The summed E-state index contributed by atoms with van der Waals surface area (Å²) in [6.45, 7) is 0.244. The van der Waals surface area contributed by atoms with Crippen LogP contribution >= 0.6 is 11.3 Å². The molecule has 0 saturated carbocycles. The minimum atomic E-state index is -1.17. The molecule has 4 N–H and O–H groups in total. The summed E-state index contributed by atoms with van der Waals surface area (Å²) in [5, 5.41) is 35.7. The van der Waals surface area contributed by atoms with Crippen molar-refractivity contribution in [1.29, 1.82) is 5.41 Å². The van der Waals surface area contributed by atoms with Gasteiger partial charge in [0.05, 0.1) is 30.9 Å². The lowest BCUT2D eigenvalue weighted by atomic mass is 10.2. The molecular weight excluding hydrogens is 407 g/mol. The van der Waals surface area contributed by atoms with Gasteiger partial charge >= 0.3 is 12.1 Å². The zero-order chi connectivity index (χ0) is 21.0. The molecule has 1 fully saturated rings. The molecule has 2 heterocycles. The molecule has 1 amide bonds. The maximum Gasteiger partial charge on any atom is 0.414 e. The molecule has 13 heteroatoms. The van der Waals surface area contributed by atoms with Gasteiger partial charge in [0.25, 0.3) is 0 Å². The predicted octanol–water partition coefficient (Wildman–Crippen LogP) is 1.22. The number of hydrogen-bond acceptors (Lipinski definition) is 9. The van der Waals surface area contributed by atoms with Crippen LogP contribution in [0.15, 0.2) is 18.2 Å². The lowest BCUT2D eigenvalue weighted by Gasteiger charge is -2.21.